The second kappa shape index (κ2) is 8.37. The van der Waals surface area contributed by atoms with Crippen LogP contribution in [0.5, 0.6) is 0 Å². The van der Waals surface area contributed by atoms with Crippen LogP contribution in [0.1, 0.15) is 12.5 Å². The zero-order valence-electron chi connectivity index (χ0n) is 14.0. The Morgan fingerprint density at radius 1 is 1.19 bits per heavy atom. The van der Waals surface area contributed by atoms with Crippen LogP contribution in [0.4, 0.5) is 5.69 Å². The molecule has 0 aliphatic rings. The van der Waals surface area contributed by atoms with Crippen LogP contribution in [0, 0.1) is 6.92 Å². The number of thioether (sulfide) groups is 1. The number of carbonyl (C=O) groups excluding carboxylic acids is 1. The molecule has 1 atom stereocenters. The maximum Gasteiger partial charge on any atom is 0.277 e. The topological polar surface area (TPSA) is 68.0 Å². The molecule has 1 N–H and O–H groups in total. The van der Waals surface area contributed by atoms with Gasteiger partial charge in [-0.2, -0.15) is 0 Å². The van der Waals surface area contributed by atoms with Crippen molar-refractivity contribution in [3.63, 3.8) is 0 Å². The Labute approximate surface area is 172 Å². The van der Waals surface area contributed by atoms with Crippen molar-refractivity contribution in [2.45, 2.75) is 24.3 Å². The highest BCUT2D eigenvalue weighted by molar-refractivity contribution is 9.10. The first-order valence-corrected chi connectivity index (χ1v) is 10.2. The molecular formula is C18H15Br2N3O2S. The lowest BCUT2D eigenvalue weighted by atomic mass is 10.2. The van der Waals surface area contributed by atoms with Gasteiger partial charge in [0.25, 0.3) is 5.22 Å². The van der Waals surface area contributed by atoms with Crippen LogP contribution in [-0.2, 0) is 4.79 Å². The highest BCUT2D eigenvalue weighted by atomic mass is 79.9. The van der Waals surface area contributed by atoms with Crippen LogP contribution in [0.3, 0.4) is 0 Å². The molecule has 8 heteroatoms. The minimum Gasteiger partial charge on any atom is -0.411 e. The molecule has 1 heterocycles. The first-order valence-electron chi connectivity index (χ1n) is 7.75. The van der Waals surface area contributed by atoms with E-state index in [1.807, 2.05) is 49.4 Å². The number of aromatic nitrogens is 2. The number of nitrogens with one attached hydrogen (secondary N) is 1. The van der Waals surface area contributed by atoms with Crippen LogP contribution >= 0.6 is 43.6 Å². The van der Waals surface area contributed by atoms with Crippen molar-refractivity contribution in [1.29, 1.82) is 0 Å². The molecule has 0 radical (unpaired) electrons. The number of rotatable bonds is 5. The van der Waals surface area contributed by atoms with Crippen LogP contribution in [-0.4, -0.2) is 21.4 Å². The van der Waals surface area contributed by atoms with Crippen molar-refractivity contribution >= 4 is 55.2 Å². The predicted molar refractivity (Wildman–Crippen MR) is 110 cm³/mol. The van der Waals surface area contributed by atoms with Gasteiger partial charge in [-0.3, -0.25) is 4.79 Å². The van der Waals surface area contributed by atoms with Crippen molar-refractivity contribution in [2.75, 3.05) is 5.32 Å². The molecule has 1 aromatic heterocycles. The van der Waals surface area contributed by atoms with E-state index in [0.29, 0.717) is 11.1 Å². The fraction of sp³-hybridized carbons (Fsp3) is 0.167. The summed E-state index contributed by atoms with van der Waals surface area (Å²) in [5.74, 6) is 0.282. The number of aryl methyl sites for hydroxylation is 1. The second-order valence-electron chi connectivity index (χ2n) is 5.62. The SMILES string of the molecule is Cc1ccc(NC(=O)C(C)Sc2nnc(-c3cccc(Br)c3)o2)c(Br)c1. The maximum atomic E-state index is 12.4. The zero-order chi connectivity index (χ0) is 18.7. The van der Waals surface area contributed by atoms with Crippen molar-refractivity contribution in [3.8, 4) is 11.5 Å². The van der Waals surface area contributed by atoms with E-state index in [9.17, 15) is 4.79 Å². The molecule has 1 unspecified atom stereocenters. The molecule has 26 heavy (non-hydrogen) atoms. The molecule has 3 rings (SSSR count). The number of carbonyl (C=O) groups is 1. The van der Waals surface area contributed by atoms with Crippen molar-refractivity contribution in [3.05, 3.63) is 57.0 Å². The van der Waals surface area contributed by atoms with Gasteiger partial charge in [-0.05, 0) is 65.7 Å². The van der Waals surface area contributed by atoms with Gasteiger partial charge in [0, 0.05) is 14.5 Å². The summed E-state index contributed by atoms with van der Waals surface area (Å²) in [5.41, 5.74) is 2.66. The molecule has 5 nitrogen and oxygen atoms in total. The monoisotopic (exact) mass is 495 g/mol. The van der Waals surface area contributed by atoms with Gasteiger partial charge in [-0.15, -0.1) is 10.2 Å². The van der Waals surface area contributed by atoms with Crippen LogP contribution < -0.4 is 5.32 Å². The fourth-order valence-electron chi connectivity index (χ4n) is 2.16. The summed E-state index contributed by atoms with van der Waals surface area (Å²) in [4.78, 5) is 12.4. The van der Waals surface area contributed by atoms with E-state index < -0.39 is 0 Å². The third kappa shape index (κ3) is 4.75. The molecule has 0 fully saturated rings. The van der Waals surface area contributed by atoms with Gasteiger partial charge < -0.3 is 9.73 Å². The zero-order valence-corrected chi connectivity index (χ0v) is 18.0. The van der Waals surface area contributed by atoms with E-state index in [-0.39, 0.29) is 11.2 Å². The predicted octanol–water partition coefficient (Wildman–Crippen LogP) is 5.69. The number of halogens is 2. The lowest BCUT2D eigenvalue weighted by Gasteiger charge is -2.11. The Kier molecular flexibility index (Phi) is 6.16. The van der Waals surface area contributed by atoms with Gasteiger partial charge in [0.2, 0.25) is 11.8 Å². The summed E-state index contributed by atoms with van der Waals surface area (Å²) >= 11 is 8.10. The molecule has 0 aliphatic heterocycles. The minimum atomic E-state index is -0.390. The molecule has 0 spiro atoms. The molecule has 0 aliphatic carbocycles. The molecule has 2 aromatic carbocycles. The number of hydrogen-bond acceptors (Lipinski definition) is 5. The molecule has 134 valence electrons. The number of benzene rings is 2. The van der Waals surface area contributed by atoms with Gasteiger partial charge in [0.05, 0.1) is 10.9 Å². The standard InChI is InChI=1S/C18H15Br2N3O2S/c1-10-6-7-15(14(20)8-10)21-16(24)11(2)26-18-23-22-17(25-18)12-4-3-5-13(19)9-12/h3-9,11H,1-2H3,(H,21,24). The van der Waals surface area contributed by atoms with E-state index in [1.54, 1.807) is 6.92 Å². The molecule has 1 amide bonds. The summed E-state index contributed by atoms with van der Waals surface area (Å²) in [6.45, 7) is 3.79. The lowest BCUT2D eigenvalue weighted by molar-refractivity contribution is -0.115. The summed E-state index contributed by atoms with van der Waals surface area (Å²) < 4.78 is 7.44. The summed E-state index contributed by atoms with van der Waals surface area (Å²) in [6, 6.07) is 13.4. The third-order valence-corrected chi connectivity index (χ3v) is 5.59. The average Bonchev–Trinajstić information content (AvgIpc) is 3.06. The summed E-state index contributed by atoms with van der Waals surface area (Å²) in [5, 5.41) is 10.9. The van der Waals surface area contributed by atoms with Gasteiger partial charge in [-0.1, -0.05) is 39.8 Å². The Balaban J connectivity index is 1.66. The number of hydrogen-bond donors (Lipinski definition) is 1. The summed E-state index contributed by atoms with van der Waals surface area (Å²) in [7, 11) is 0. The lowest BCUT2D eigenvalue weighted by Crippen LogP contribution is -2.22. The second-order valence-corrected chi connectivity index (χ2v) is 8.68. The Morgan fingerprint density at radius 2 is 2.00 bits per heavy atom. The van der Waals surface area contributed by atoms with Gasteiger partial charge in [0.1, 0.15) is 0 Å². The molecule has 0 saturated carbocycles. The fourth-order valence-corrected chi connectivity index (χ4v) is 3.83. The smallest absolute Gasteiger partial charge is 0.277 e. The number of amides is 1. The molecule has 0 saturated heterocycles. The van der Waals surface area contributed by atoms with E-state index in [1.165, 1.54) is 11.8 Å². The van der Waals surface area contributed by atoms with Crippen LogP contribution in [0.15, 0.2) is 61.0 Å². The highest BCUT2D eigenvalue weighted by Crippen LogP contribution is 2.29. The Morgan fingerprint density at radius 3 is 2.73 bits per heavy atom. The molecular weight excluding hydrogens is 482 g/mol. The van der Waals surface area contributed by atoms with Gasteiger partial charge >= 0.3 is 0 Å². The van der Waals surface area contributed by atoms with Crippen molar-refractivity contribution in [1.82, 2.24) is 10.2 Å². The van der Waals surface area contributed by atoms with Crippen LogP contribution in [0.2, 0.25) is 0 Å². The maximum absolute atomic E-state index is 12.4. The number of anilines is 1. The highest BCUT2D eigenvalue weighted by Gasteiger charge is 2.19. The third-order valence-electron chi connectivity index (χ3n) is 3.51. The van der Waals surface area contributed by atoms with Gasteiger partial charge in [0.15, 0.2) is 0 Å². The minimum absolute atomic E-state index is 0.137. The Hall–Kier alpha value is -1.64. The molecule has 3 aromatic rings. The number of nitrogens with zero attached hydrogens (tertiary/aromatic N) is 2. The van der Waals surface area contributed by atoms with Crippen molar-refractivity contribution in [2.24, 2.45) is 0 Å². The molecule has 0 bridgehead atoms. The van der Waals surface area contributed by atoms with E-state index in [2.05, 4.69) is 47.4 Å². The van der Waals surface area contributed by atoms with E-state index >= 15 is 0 Å². The van der Waals surface area contributed by atoms with E-state index in [0.717, 1.165) is 25.8 Å². The van der Waals surface area contributed by atoms with Crippen LogP contribution in [0.25, 0.3) is 11.5 Å². The summed E-state index contributed by atoms with van der Waals surface area (Å²) in [6.07, 6.45) is 0. The Bertz CT molecular complexity index is 946. The van der Waals surface area contributed by atoms with Crippen molar-refractivity contribution < 1.29 is 9.21 Å². The first kappa shape index (κ1) is 19.1. The first-order chi connectivity index (χ1) is 12.4. The quantitative estimate of drug-likeness (QED) is 0.459. The van der Waals surface area contributed by atoms with E-state index in [4.69, 9.17) is 4.42 Å². The van der Waals surface area contributed by atoms with Gasteiger partial charge in [-0.25, -0.2) is 0 Å². The normalized spacial score (nSPS) is 12.0. The average molecular weight is 497 g/mol. The largest absolute Gasteiger partial charge is 0.411 e.